The molecule has 4 rings (SSSR count). The number of halogens is 3. The number of aromatic nitrogens is 2. The van der Waals surface area contributed by atoms with Crippen molar-refractivity contribution in [3.63, 3.8) is 0 Å². The Balaban J connectivity index is 1.66. The number of fused-ring (bicyclic) bond motifs is 1. The Morgan fingerprint density at radius 3 is 2.83 bits per heavy atom. The lowest BCUT2D eigenvalue weighted by molar-refractivity contribution is -0.174. The fourth-order valence-corrected chi connectivity index (χ4v) is 2.85. The van der Waals surface area contributed by atoms with E-state index in [9.17, 15) is 18.0 Å². The van der Waals surface area contributed by atoms with E-state index in [1.165, 1.54) is 12.3 Å². The van der Waals surface area contributed by atoms with Crippen LogP contribution in [0.4, 0.5) is 19.0 Å². The zero-order valence-corrected chi connectivity index (χ0v) is 12.5. The molecule has 1 aliphatic heterocycles. The topological polar surface area (TPSA) is 72.1 Å². The van der Waals surface area contributed by atoms with Crippen LogP contribution < -0.4 is 10.6 Å². The predicted octanol–water partition coefficient (Wildman–Crippen LogP) is 3.03. The van der Waals surface area contributed by atoms with E-state index < -0.39 is 24.2 Å². The van der Waals surface area contributed by atoms with Crippen LogP contribution in [0, 0.1) is 0 Å². The Kier molecular flexibility index (Phi) is 3.33. The van der Waals surface area contributed by atoms with Gasteiger partial charge in [-0.3, -0.25) is 4.79 Å². The number of anilines is 1. The third-order valence-electron chi connectivity index (χ3n) is 4.22. The van der Waals surface area contributed by atoms with Crippen LogP contribution in [0.15, 0.2) is 28.9 Å². The van der Waals surface area contributed by atoms with Crippen molar-refractivity contribution in [2.24, 2.45) is 0 Å². The number of rotatable bonds is 3. The van der Waals surface area contributed by atoms with Crippen LogP contribution in [0.25, 0.3) is 0 Å². The minimum atomic E-state index is -4.47. The molecule has 3 heterocycles. The summed E-state index contributed by atoms with van der Waals surface area (Å²) in [6, 6.07) is 2.27. The molecule has 1 saturated carbocycles. The van der Waals surface area contributed by atoms with Crippen LogP contribution in [-0.2, 0) is 0 Å². The average Bonchev–Trinajstić information content (AvgIpc) is 3.04. The molecule has 0 spiro atoms. The van der Waals surface area contributed by atoms with Gasteiger partial charge in [-0.05, 0) is 25.0 Å². The summed E-state index contributed by atoms with van der Waals surface area (Å²) in [4.78, 5) is 12.1. The Bertz CT molecular complexity index is 749. The molecule has 2 atom stereocenters. The van der Waals surface area contributed by atoms with Crippen LogP contribution in [0.1, 0.15) is 47.6 Å². The second-order valence-corrected chi connectivity index (χ2v) is 6.11. The Morgan fingerprint density at radius 2 is 2.21 bits per heavy atom. The number of hydrogen-bond acceptors (Lipinski definition) is 4. The van der Waals surface area contributed by atoms with Crippen LogP contribution >= 0.6 is 0 Å². The van der Waals surface area contributed by atoms with E-state index in [1.54, 1.807) is 12.1 Å². The maximum atomic E-state index is 13.4. The number of amides is 1. The molecule has 128 valence electrons. The zero-order chi connectivity index (χ0) is 16.9. The van der Waals surface area contributed by atoms with Crippen LogP contribution in [0.2, 0.25) is 0 Å². The van der Waals surface area contributed by atoms with Crippen molar-refractivity contribution < 1.29 is 22.4 Å². The van der Waals surface area contributed by atoms with E-state index in [-0.39, 0.29) is 24.0 Å². The minimum absolute atomic E-state index is 0.0151. The molecule has 1 fully saturated rings. The highest BCUT2D eigenvalue weighted by molar-refractivity contribution is 5.93. The maximum absolute atomic E-state index is 13.4. The first-order valence-corrected chi connectivity index (χ1v) is 7.69. The summed E-state index contributed by atoms with van der Waals surface area (Å²) in [5.74, 6) is 0.128. The van der Waals surface area contributed by atoms with Crippen molar-refractivity contribution in [2.75, 3.05) is 5.32 Å². The number of alkyl halides is 3. The summed E-state index contributed by atoms with van der Waals surface area (Å²) < 4.78 is 46.4. The van der Waals surface area contributed by atoms with E-state index in [2.05, 4.69) is 15.7 Å². The van der Waals surface area contributed by atoms with E-state index >= 15 is 0 Å². The molecule has 1 amide bonds. The molecule has 9 heteroatoms. The molecular weight excluding hydrogens is 325 g/mol. The normalized spacial score (nSPS) is 23.5. The number of carbonyl (C=O) groups is 1. The zero-order valence-electron chi connectivity index (χ0n) is 12.5. The summed E-state index contributed by atoms with van der Waals surface area (Å²) in [5, 5.41) is 9.59. The van der Waals surface area contributed by atoms with Crippen molar-refractivity contribution in [1.29, 1.82) is 0 Å². The smallest absolute Gasteiger partial charge is 0.410 e. The molecule has 0 aromatic carbocycles. The first-order valence-electron chi connectivity index (χ1n) is 7.69. The average molecular weight is 340 g/mol. The SMILES string of the molecule is O=C(NC1CC1)c1cc2n(n1)[C@@H](C(F)(F)F)C[C@@H](c1ccco1)N2. The Morgan fingerprint density at radius 1 is 1.42 bits per heavy atom. The van der Waals surface area contributed by atoms with Gasteiger partial charge in [-0.25, -0.2) is 4.68 Å². The van der Waals surface area contributed by atoms with Crippen molar-refractivity contribution in [3.05, 3.63) is 35.9 Å². The van der Waals surface area contributed by atoms with Crippen LogP contribution in [0.5, 0.6) is 0 Å². The van der Waals surface area contributed by atoms with Crippen molar-refractivity contribution in [3.8, 4) is 0 Å². The van der Waals surface area contributed by atoms with Gasteiger partial charge in [-0.1, -0.05) is 0 Å². The molecule has 0 bridgehead atoms. The summed E-state index contributed by atoms with van der Waals surface area (Å²) in [6.07, 6.45) is -1.53. The lowest BCUT2D eigenvalue weighted by atomic mass is 10.0. The quantitative estimate of drug-likeness (QED) is 0.901. The number of hydrogen-bond donors (Lipinski definition) is 2. The van der Waals surface area contributed by atoms with Crippen molar-refractivity contribution in [1.82, 2.24) is 15.1 Å². The third kappa shape index (κ3) is 2.74. The van der Waals surface area contributed by atoms with Crippen LogP contribution in [0.3, 0.4) is 0 Å². The van der Waals surface area contributed by atoms with E-state index in [0.29, 0.717) is 5.76 Å². The highest BCUT2D eigenvalue weighted by atomic mass is 19.4. The molecule has 6 nitrogen and oxygen atoms in total. The highest BCUT2D eigenvalue weighted by Gasteiger charge is 2.47. The molecule has 1 aliphatic carbocycles. The number of nitrogens with one attached hydrogen (secondary N) is 2. The summed E-state index contributed by atoms with van der Waals surface area (Å²) in [7, 11) is 0. The predicted molar refractivity (Wildman–Crippen MR) is 77.5 cm³/mol. The van der Waals surface area contributed by atoms with Gasteiger partial charge in [0.2, 0.25) is 0 Å². The second kappa shape index (κ2) is 5.29. The first-order chi connectivity index (χ1) is 11.4. The highest BCUT2D eigenvalue weighted by Crippen LogP contribution is 2.43. The molecule has 0 saturated heterocycles. The molecule has 24 heavy (non-hydrogen) atoms. The summed E-state index contributed by atoms with van der Waals surface area (Å²) >= 11 is 0. The third-order valence-corrected chi connectivity index (χ3v) is 4.22. The number of furan rings is 1. The van der Waals surface area contributed by atoms with Gasteiger partial charge in [-0.2, -0.15) is 18.3 Å². The lowest BCUT2D eigenvalue weighted by Crippen LogP contribution is -2.35. The van der Waals surface area contributed by atoms with Crippen molar-refractivity contribution >= 4 is 11.7 Å². The Hall–Kier alpha value is -2.45. The van der Waals surface area contributed by atoms with Gasteiger partial charge >= 0.3 is 6.18 Å². The van der Waals surface area contributed by atoms with Gasteiger partial charge in [0.05, 0.1) is 12.3 Å². The van der Waals surface area contributed by atoms with E-state index in [1.807, 2.05) is 0 Å². The van der Waals surface area contributed by atoms with Crippen LogP contribution in [-0.4, -0.2) is 27.9 Å². The molecule has 2 aromatic rings. The van der Waals surface area contributed by atoms with E-state index in [4.69, 9.17) is 4.42 Å². The monoisotopic (exact) mass is 340 g/mol. The molecule has 0 unspecified atom stereocenters. The fourth-order valence-electron chi connectivity index (χ4n) is 2.85. The largest absolute Gasteiger partial charge is 0.467 e. The van der Waals surface area contributed by atoms with Gasteiger partial charge < -0.3 is 15.1 Å². The standard InChI is InChI=1S/C15H15F3N4O2/c16-15(17,18)12-6-9(11-2-1-5-24-11)20-13-7-10(21-22(12)13)14(23)19-8-3-4-8/h1-2,5,7-9,12,20H,3-4,6H2,(H,19,23)/t9-,12+/m0/s1. The van der Waals surface area contributed by atoms with E-state index in [0.717, 1.165) is 17.5 Å². The Labute approximate surface area is 135 Å². The minimum Gasteiger partial charge on any atom is -0.467 e. The molecular formula is C15H15F3N4O2. The molecule has 2 N–H and O–H groups in total. The van der Waals surface area contributed by atoms with Crippen molar-refractivity contribution in [2.45, 2.75) is 43.6 Å². The van der Waals surface area contributed by atoms with Gasteiger partial charge in [-0.15, -0.1) is 0 Å². The molecule has 2 aliphatic rings. The van der Waals surface area contributed by atoms with Gasteiger partial charge in [0.1, 0.15) is 11.6 Å². The van der Waals surface area contributed by atoms with Gasteiger partial charge in [0.15, 0.2) is 11.7 Å². The first kappa shape index (κ1) is 15.1. The maximum Gasteiger partial charge on any atom is 0.410 e. The summed E-state index contributed by atoms with van der Waals surface area (Å²) in [6.45, 7) is 0. The van der Waals surface area contributed by atoms with Gasteiger partial charge in [0.25, 0.3) is 5.91 Å². The fraction of sp³-hybridized carbons (Fsp3) is 0.467. The van der Waals surface area contributed by atoms with Gasteiger partial charge in [0, 0.05) is 18.5 Å². The number of nitrogens with zero attached hydrogens (tertiary/aromatic N) is 2. The lowest BCUT2D eigenvalue weighted by Gasteiger charge is -2.32. The molecule has 0 radical (unpaired) electrons. The number of carbonyl (C=O) groups excluding carboxylic acids is 1. The molecule has 2 aromatic heterocycles. The summed E-state index contributed by atoms with van der Waals surface area (Å²) in [5.41, 5.74) is -0.0151. The second-order valence-electron chi connectivity index (χ2n) is 6.11.